The number of nitrogens with two attached hydrogens (primary N) is 1. The van der Waals surface area contributed by atoms with Gasteiger partial charge in [0.15, 0.2) is 0 Å². The summed E-state index contributed by atoms with van der Waals surface area (Å²) in [5.74, 6) is 5.60. The largest absolute Gasteiger partial charge is 0.374 e. The highest BCUT2D eigenvalue weighted by molar-refractivity contribution is 5.02. The molecule has 0 spiro atoms. The van der Waals surface area contributed by atoms with E-state index in [-0.39, 0.29) is 11.6 Å². The molecular weight excluding hydrogens is 252 g/mol. The van der Waals surface area contributed by atoms with Gasteiger partial charge in [0.2, 0.25) is 0 Å². The summed E-state index contributed by atoms with van der Waals surface area (Å²) in [5, 5.41) is 4.65. The quantitative estimate of drug-likeness (QED) is 0.568. The molecule has 3 N–H and O–H groups in total. The number of ether oxygens (including phenoxy) is 1. The van der Waals surface area contributed by atoms with Crippen molar-refractivity contribution in [3.8, 4) is 0 Å². The molecule has 1 aromatic heterocycles. The lowest BCUT2D eigenvalue weighted by molar-refractivity contribution is -0.0144. The van der Waals surface area contributed by atoms with Crippen LogP contribution in [0.15, 0.2) is 12.3 Å². The Labute approximate surface area is 122 Å². The average molecular weight is 282 g/mol. The van der Waals surface area contributed by atoms with Gasteiger partial charge < -0.3 is 4.74 Å². The van der Waals surface area contributed by atoms with E-state index < -0.39 is 0 Å². The number of hydrogen-bond donors (Lipinski definition) is 2. The molecule has 0 fully saturated rings. The van der Waals surface area contributed by atoms with Gasteiger partial charge in [0.1, 0.15) is 0 Å². The fraction of sp³-hybridized carbons (Fsp3) is 0.800. The number of aromatic nitrogens is 2. The highest BCUT2D eigenvalue weighted by Crippen LogP contribution is 2.15. The standard InChI is InChI=1S/C15H30N4O/c1-6-14(7-2)19-9-8-12(18-19)10-13(17-16)11-20-15(3,4)5/h8-9,13-14,17H,6-7,10-11,16H2,1-5H3. The smallest absolute Gasteiger partial charge is 0.0644 e. The van der Waals surface area contributed by atoms with Crippen LogP contribution in [-0.4, -0.2) is 28.0 Å². The molecule has 0 aliphatic rings. The summed E-state index contributed by atoms with van der Waals surface area (Å²) in [6.07, 6.45) is 5.04. The van der Waals surface area contributed by atoms with Gasteiger partial charge >= 0.3 is 0 Å². The molecule has 1 heterocycles. The lowest BCUT2D eigenvalue weighted by Gasteiger charge is -2.23. The van der Waals surface area contributed by atoms with Crippen molar-refractivity contribution in [2.24, 2.45) is 5.84 Å². The van der Waals surface area contributed by atoms with Crippen molar-refractivity contribution >= 4 is 0 Å². The first kappa shape index (κ1) is 17.1. The molecule has 5 nitrogen and oxygen atoms in total. The third kappa shape index (κ3) is 5.61. The molecule has 0 saturated carbocycles. The number of hydrazine groups is 1. The molecule has 1 unspecified atom stereocenters. The third-order valence-electron chi connectivity index (χ3n) is 3.39. The van der Waals surface area contributed by atoms with Gasteiger partial charge in [-0.15, -0.1) is 0 Å². The van der Waals surface area contributed by atoms with E-state index >= 15 is 0 Å². The van der Waals surface area contributed by atoms with E-state index in [9.17, 15) is 0 Å². The topological polar surface area (TPSA) is 65.1 Å². The van der Waals surface area contributed by atoms with Crippen LogP contribution in [0.3, 0.4) is 0 Å². The molecule has 0 saturated heterocycles. The van der Waals surface area contributed by atoms with Gasteiger partial charge in [0.25, 0.3) is 0 Å². The van der Waals surface area contributed by atoms with Crippen LogP contribution in [-0.2, 0) is 11.2 Å². The summed E-state index contributed by atoms with van der Waals surface area (Å²) < 4.78 is 7.84. The van der Waals surface area contributed by atoms with Crippen molar-refractivity contribution in [1.82, 2.24) is 15.2 Å². The van der Waals surface area contributed by atoms with E-state index in [1.807, 2.05) is 20.8 Å². The highest BCUT2D eigenvalue weighted by Gasteiger charge is 2.16. The van der Waals surface area contributed by atoms with Crippen molar-refractivity contribution < 1.29 is 4.74 Å². The third-order valence-corrected chi connectivity index (χ3v) is 3.39. The normalized spacial score (nSPS) is 13.9. The van der Waals surface area contributed by atoms with Crippen LogP contribution < -0.4 is 11.3 Å². The summed E-state index contributed by atoms with van der Waals surface area (Å²) in [7, 11) is 0. The minimum Gasteiger partial charge on any atom is -0.374 e. The Morgan fingerprint density at radius 3 is 2.50 bits per heavy atom. The van der Waals surface area contributed by atoms with Crippen LogP contribution in [0, 0.1) is 0 Å². The summed E-state index contributed by atoms with van der Waals surface area (Å²) in [4.78, 5) is 0. The monoisotopic (exact) mass is 282 g/mol. The van der Waals surface area contributed by atoms with Crippen LogP contribution in [0.25, 0.3) is 0 Å². The lowest BCUT2D eigenvalue weighted by Crippen LogP contribution is -2.42. The van der Waals surface area contributed by atoms with Crippen molar-refractivity contribution in [1.29, 1.82) is 0 Å². The number of rotatable bonds is 8. The molecule has 0 radical (unpaired) electrons. The van der Waals surface area contributed by atoms with Crippen LogP contribution in [0.1, 0.15) is 59.2 Å². The van der Waals surface area contributed by atoms with Crippen LogP contribution >= 0.6 is 0 Å². The Bertz CT molecular complexity index is 379. The molecule has 20 heavy (non-hydrogen) atoms. The summed E-state index contributed by atoms with van der Waals surface area (Å²) in [6, 6.07) is 2.64. The average Bonchev–Trinajstić information content (AvgIpc) is 2.83. The number of nitrogens with zero attached hydrogens (tertiary/aromatic N) is 2. The van der Waals surface area contributed by atoms with Crippen molar-refractivity contribution in [3.63, 3.8) is 0 Å². The maximum absolute atomic E-state index is 5.77. The lowest BCUT2D eigenvalue weighted by atomic mass is 10.1. The number of nitrogens with one attached hydrogen (secondary N) is 1. The van der Waals surface area contributed by atoms with Gasteiger partial charge in [-0.25, -0.2) is 0 Å². The van der Waals surface area contributed by atoms with E-state index in [1.165, 1.54) is 0 Å². The second kappa shape index (κ2) is 7.76. The highest BCUT2D eigenvalue weighted by atomic mass is 16.5. The van der Waals surface area contributed by atoms with Crippen molar-refractivity contribution in [2.75, 3.05) is 6.61 Å². The van der Waals surface area contributed by atoms with E-state index in [4.69, 9.17) is 10.6 Å². The predicted octanol–water partition coefficient (Wildman–Crippen LogP) is 2.43. The summed E-state index contributed by atoms with van der Waals surface area (Å²) in [5.41, 5.74) is 3.72. The van der Waals surface area contributed by atoms with Gasteiger partial charge in [0.05, 0.1) is 30.0 Å². The van der Waals surface area contributed by atoms with Gasteiger partial charge in [-0.3, -0.25) is 16.0 Å². The molecular formula is C15H30N4O. The minimum absolute atomic E-state index is 0.0827. The van der Waals surface area contributed by atoms with Gasteiger partial charge in [-0.2, -0.15) is 5.10 Å². The maximum Gasteiger partial charge on any atom is 0.0644 e. The fourth-order valence-corrected chi connectivity index (χ4v) is 2.12. The molecule has 0 bridgehead atoms. The summed E-state index contributed by atoms with van der Waals surface area (Å²) >= 11 is 0. The van der Waals surface area contributed by atoms with Crippen LogP contribution in [0.4, 0.5) is 0 Å². The summed E-state index contributed by atoms with van der Waals surface area (Å²) in [6.45, 7) is 11.1. The maximum atomic E-state index is 5.77. The van der Waals surface area contributed by atoms with Crippen molar-refractivity contribution in [3.05, 3.63) is 18.0 Å². The van der Waals surface area contributed by atoms with Crippen LogP contribution in [0.2, 0.25) is 0 Å². The van der Waals surface area contributed by atoms with Gasteiger partial charge in [-0.05, 0) is 39.7 Å². The zero-order chi connectivity index (χ0) is 15.2. The Hall–Kier alpha value is -0.910. The molecule has 1 rings (SSSR count). The second-order valence-electron chi connectivity index (χ2n) is 6.25. The zero-order valence-electron chi connectivity index (χ0n) is 13.5. The molecule has 0 amide bonds. The Kier molecular flexibility index (Phi) is 6.65. The van der Waals surface area contributed by atoms with Gasteiger partial charge in [0, 0.05) is 12.6 Å². The minimum atomic E-state index is -0.149. The first-order chi connectivity index (χ1) is 9.39. The van der Waals surface area contributed by atoms with Crippen LogP contribution in [0.5, 0.6) is 0 Å². The predicted molar refractivity (Wildman–Crippen MR) is 82.4 cm³/mol. The van der Waals surface area contributed by atoms with Gasteiger partial charge in [-0.1, -0.05) is 13.8 Å². The van der Waals surface area contributed by atoms with E-state index in [0.717, 1.165) is 25.0 Å². The number of hydrogen-bond acceptors (Lipinski definition) is 4. The first-order valence-corrected chi connectivity index (χ1v) is 7.53. The molecule has 0 aromatic carbocycles. The Morgan fingerprint density at radius 1 is 1.35 bits per heavy atom. The van der Waals surface area contributed by atoms with E-state index in [1.54, 1.807) is 0 Å². The molecule has 0 aliphatic carbocycles. The van der Waals surface area contributed by atoms with E-state index in [0.29, 0.717) is 12.6 Å². The molecule has 1 atom stereocenters. The molecule has 1 aromatic rings. The van der Waals surface area contributed by atoms with Crippen molar-refractivity contribution in [2.45, 2.75) is 71.6 Å². The first-order valence-electron chi connectivity index (χ1n) is 7.53. The Morgan fingerprint density at radius 2 is 2.00 bits per heavy atom. The SMILES string of the molecule is CCC(CC)n1ccc(CC(COC(C)(C)C)NN)n1. The van der Waals surface area contributed by atoms with E-state index in [2.05, 4.69) is 41.3 Å². The molecule has 116 valence electrons. The molecule has 5 heteroatoms. The Balaban J connectivity index is 2.57. The molecule has 0 aliphatic heterocycles. The second-order valence-corrected chi connectivity index (χ2v) is 6.25. The zero-order valence-corrected chi connectivity index (χ0v) is 13.5. The fourth-order valence-electron chi connectivity index (χ4n) is 2.12.